The largest absolute Gasteiger partial charge is 0.483 e. The Morgan fingerprint density at radius 1 is 1.24 bits per heavy atom. The first-order valence-corrected chi connectivity index (χ1v) is 6.82. The number of aliphatic hydroxyl groups is 1. The fraction of sp³-hybridized carbons (Fsp3) is 0.235. The Morgan fingerprint density at radius 3 is 2.62 bits per heavy atom. The Labute approximate surface area is 124 Å². The SMILES string of the molecule is Cc1ccc(C(C)O)c(OCC(=O)Nc2ccccc2)c1. The number of anilines is 1. The highest BCUT2D eigenvalue weighted by Gasteiger charge is 2.11. The van der Waals surface area contributed by atoms with Gasteiger partial charge in [-0.2, -0.15) is 0 Å². The van der Waals surface area contributed by atoms with Crippen LogP contribution in [0.4, 0.5) is 5.69 Å². The van der Waals surface area contributed by atoms with Crippen molar-refractivity contribution in [3.63, 3.8) is 0 Å². The number of carbonyl (C=O) groups excluding carboxylic acids is 1. The Morgan fingerprint density at radius 2 is 1.95 bits per heavy atom. The molecule has 2 aromatic rings. The monoisotopic (exact) mass is 285 g/mol. The molecule has 0 heterocycles. The standard InChI is InChI=1S/C17H19NO3/c1-12-8-9-15(13(2)19)16(10-12)21-11-17(20)18-14-6-4-3-5-7-14/h3-10,13,19H,11H2,1-2H3,(H,18,20). The van der Waals surface area contributed by atoms with Crippen molar-refractivity contribution in [2.45, 2.75) is 20.0 Å². The van der Waals surface area contributed by atoms with Gasteiger partial charge in [0.1, 0.15) is 5.75 Å². The average Bonchev–Trinajstić information content (AvgIpc) is 2.46. The summed E-state index contributed by atoms with van der Waals surface area (Å²) in [5, 5.41) is 12.5. The molecule has 0 spiro atoms. The number of amides is 1. The van der Waals surface area contributed by atoms with Crippen molar-refractivity contribution in [3.8, 4) is 5.75 Å². The van der Waals surface area contributed by atoms with Crippen LogP contribution in [-0.2, 0) is 4.79 Å². The number of carbonyl (C=O) groups is 1. The molecule has 2 N–H and O–H groups in total. The number of aliphatic hydroxyl groups excluding tert-OH is 1. The Hall–Kier alpha value is -2.33. The molecule has 0 aliphatic rings. The fourth-order valence-electron chi connectivity index (χ4n) is 1.97. The van der Waals surface area contributed by atoms with Crippen LogP contribution in [0.15, 0.2) is 48.5 Å². The second-order valence-electron chi connectivity index (χ2n) is 4.92. The van der Waals surface area contributed by atoms with E-state index in [1.54, 1.807) is 6.92 Å². The number of benzene rings is 2. The van der Waals surface area contributed by atoms with Gasteiger partial charge < -0.3 is 15.2 Å². The maximum atomic E-state index is 11.9. The number of para-hydroxylation sites is 1. The predicted octanol–water partition coefficient (Wildman–Crippen LogP) is 3.07. The summed E-state index contributed by atoms with van der Waals surface area (Å²) in [7, 11) is 0. The van der Waals surface area contributed by atoms with Crippen LogP contribution in [0.2, 0.25) is 0 Å². The van der Waals surface area contributed by atoms with E-state index in [-0.39, 0.29) is 12.5 Å². The molecule has 2 aromatic carbocycles. The van der Waals surface area contributed by atoms with Crippen LogP contribution in [0, 0.1) is 6.92 Å². The first-order chi connectivity index (χ1) is 10.1. The summed E-state index contributed by atoms with van der Waals surface area (Å²) in [5.41, 5.74) is 2.41. The minimum absolute atomic E-state index is 0.0991. The van der Waals surface area contributed by atoms with Gasteiger partial charge in [0.25, 0.3) is 5.91 Å². The van der Waals surface area contributed by atoms with E-state index in [1.807, 2.05) is 55.5 Å². The molecule has 0 radical (unpaired) electrons. The molecule has 0 bridgehead atoms. The summed E-state index contributed by atoms with van der Waals surface area (Å²) in [4.78, 5) is 11.9. The lowest BCUT2D eigenvalue weighted by Gasteiger charge is -2.14. The van der Waals surface area contributed by atoms with Gasteiger partial charge in [-0.05, 0) is 37.6 Å². The highest BCUT2D eigenvalue weighted by molar-refractivity contribution is 5.91. The van der Waals surface area contributed by atoms with E-state index in [0.717, 1.165) is 11.3 Å². The molecule has 21 heavy (non-hydrogen) atoms. The van der Waals surface area contributed by atoms with Gasteiger partial charge in [-0.25, -0.2) is 0 Å². The van der Waals surface area contributed by atoms with Gasteiger partial charge in [0.05, 0.1) is 6.10 Å². The van der Waals surface area contributed by atoms with Gasteiger partial charge in [0.15, 0.2) is 6.61 Å². The lowest BCUT2D eigenvalue weighted by Crippen LogP contribution is -2.20. The molecular formula is C17H19NO3. The van der Waals surface area contributed by atoms with E-state index in [2.05, 4.69) is 5.32 Å². The summed E-state index contributed by atoms with van der Waals surface area (Å²) in [5.74, 6) is 0.299. The molecule has 1 unspecified atom stereocenters. The molecule has 110 valence electrons. The molecule has 0 fully saturated rings. The van der Waals surface area contributed by atoms with Gasteiger partial charge >= 0.3 is 0 Å². The molecule has 4 nitrogen and oxygen atoms in total. The van der Waals surface area contributed by atoms with Crippen molar-refractivity contribution < 1.29 is 14.6 Å². The fourth-order valence-corrected chi connectivity index (χ4v) is 1.97. The first-order valence-electron chi connectivity index (χ1n) is 6.82. The van der Waals surface area contributed by atoms with Gasteiger partial charge in [0.2, 0.25) is 0 Å². The van der Waals surface area contributed by atoms with Crippen molar-refractivity contribution in [2.24, 2.45) is 0 Å². The highest BCUT2D eigenvalue weighted by Crippen LogP contribution is 2.26. The van der Waals surface area contributed by atoms with Crippen LogP contribution in [0.1, 0.15) is 24.2 Å². The molecule has 0 saturated carbocycles. The van der Waals surface area contributed by atoms with E-state index in [4.69, 9.17) is 4.74 Å². The summed E-state index contributed by atoms with van der Waals surface area (Å²) in [6.07, 6.45) is -0.641. The molecule has 2 rings (SSSR count). The summed E-state index contributed by atoms with van der Waals surface area (Å²) < 4.78 is 5.54. The zero-order valence-electron chi connectivity index (χ0n) is 12.2. The molecule has 1 atom stereocenters. The zero-order chi connectivity index (χ0) is 15.2. The van der Waals surface area contributed by atoms with Crippen molar-refractivity contribution in [1.82, 2.24) is 0 Å². The lowest BCUT2D eigenvalue weighted by molar-refractivity contribution is -0.118. The maximum Gasteiger partial charge on any atom is 0.262 e. The first kappa shape index (κ1) is 15.1. The second-order valence-corrected chi connectivity index (χ2v) is 4.92. The van der Waals surface area contributed by atoms with Crippen molar-refractivity contribution in [2.75, 3.05) is 11.9 Å². The number of rotatable bonds is 5. The van der Waals surface area contributed by atoms with E-state index in [1.165, 1.54) is 0 Å². The molecule has 0 aliphatic heterocycles. The van der Waals surface area contributed by atoms with Crippen LogP contribution in [0.3, 0.4) is 0 Å². The van der Waals surface area contributed by atoms with Gasteiger partial charge in [-0.1, -0.05) is 30.3 Å². The zero-order valence-corrected chi connectivity index (χ0v) is 12.2. The Balaban J connectivity index is 1.99. The molecule has 4 heteroatoms. The number of aryl methyl sites for hydroxylation is 1. The van der Waals surface area contributed by atoms with E-state index in [9.17, 15) is 9.90 Å². The van der Waals surface area contributed by atoms with Crippen molar-refractivity contribution in [3.05, 3.63) is 59.7 Å². The Kier molecular flexibility index (Phi) is 4.95. The van der Waals surface area contributed by atoms with Crippen molar-refractivity contribution >= 4 is 11.6 Å². The van der Waals surface area contributed by atoms with Gasteiger partial charge in [-0.15, -0.1) is 0 Å². The van der Waals surface area contributed by atoms with E-state index in [0.29, 0.717) is 11.3 Å². The van der Waals surface area contributed by atoms with E-state index >= 15 is 0 Å². The van der Waals surface area contributed by atoms with Crippen LogP contribution >= 0.6 is 0 Å². The highest BCUT2D eigenvalue weighted by atomic mass is 16.5. The topological polar surface area (TPSA) is 58.6 Å². The Bertz CT molecular complexity index is 609. The molecular weight excluding hydrogens is 266 g/mol. The molecule has 0 aliphatic carbocycles. The summed E-state index contributed by atoms with van der Waals surface area (Å²) in [6.45, 7) is 3.50. The van der Waals surface area contributed by atoms with Gasteiger partial charge in [-0.3, -0.25) is 4.79 Å². The van der Waals surface area contributed by atoms with Crippen LogP contribution in [-0.4, -0.2) is 17.6 Å². The number of hydrogen-bond donors (Lipinski definition) is 2. The second kappa shape index (κ2) is 6.90. The third kappa shape index (κ3) is 4.33. The van der Waals surface area contributed by atoms with Crippen molar-refractivity contribution in [1.29, 1.82) is 0 Å². The minimum Gasteiger partial charge on any atom is -0.483 e. The summed E-state index contributed by atoms with van der Waals surface area (Å²) >= 11 is 0. The van der Waals surface area contributed by atoms with Crippen LogP contribution in [0.5, 0.6) is 5.75 Å². The lowest BCUT2D eigenvalue weighted by atomic mass is 10.1. The quantitative estimate of drug-likeness (QED) is 0.887. The minimum atomic E-state index is -0.641. The normalized spacial score (nSPS) is 11.8. The van der Waals surface area contributed by atoms with E-state index < -0.39 is 6.10 Å². The summed E-state index contributed by atoms with van der Waals surface area (Å²) in [6, 6.07) is 14.7. The van der Waals surface area contributed by atoms with Crippen LogP contribution in [0.25, 0.3) is 0 Å². The maximum absolute atomic E-state index is 11.9. The number of ether oxygens (including phenoxy) is 1. The molecule has 1 amide bonds. The predicted molar refractivity (Wildman–Crippen MR) is 82.4 cm³/mol. The number of nitrogens with one attached hydrogen (secondary N) is 1. The molecule has 0 aromatic heterocycles. The smallest absolute Gasteiger partial charge is 0.262 e. The average molecular weight is 285 g/mol. The number of hydrogen-bond acceptors (Lipinski definition) is 3. The third-order valence-corrected chi connectivity index (χ3v) is 3.04. The molecule has 0 saturated heterocycles. The van der Waals surface area contributed by atoms with Gasteiger partial charge in [0, 0.05) is 11.3 Å². The third-order valence-electron chi connectivity index (χ3n) is 3.04. The van der Waals surface area contributed by atoms with Crippen LogP contribution < -0.4 is 10.1 Å².